The summed E-state index contributed by atoms with van der Waals surface area (Å²) in [6.45, 7) is 2.71. The number of nitrogens with two attached hydrogens (primary N) is 4. The molecule has 0 spiro atoms. The molecule has 0 fully saturated rings. The Balaban J connectivity index is 2.06. The van der Waals surface area contributed by atoms with Crippen molar-refractivity contribution < 1.29 is 107 Å². The van der Waals surface area contributed by atoms with Crippen molar-refractivity contribution in [2.75, 3.05) is 118 Å². The molecule has 0 radical (unpaired) electrons. The number of aliphatic hydroxyl groups excluding tert-OH is 4. The summed E-state index contributed by atoms with van der Waals surface area (Å²) in [5.41, 5.74) is 22.0. The van der Waals surface area contributed by atoms with E-state index in [0.717, 1.165) is 30.4 Å². The summed E-state index contributed by atoms with van der Waals surface area (Å²) in [4.78, 5) is 110. The van der Waals surface area contributed by atoms with E-state index in [-0.39, 0.29) is 52.5 Å². The number of hydrogen-bond donors (Lipinski definition) is 16. The van der Waals surface area contributed by atoms with E-state index < -0.39 is 165 Å². The number of amides is 6. The molecule has 0 aromatic heterocycles. The molecule has 0 unspecified atom stereocenters. The quantitative estimate of drug-likeness (QED) is 0.0154. The zero-order chi connectivity index (χ0) is 60.4. The molecule has 0 saturated carbocycles. The molecule has 0 aromatic rings. The van der Waals surface area contributed by atoms with Crippen molar-refractivity contribution in [1.82, 2.24) is 36.8 Å². The third kappa shape index (κ3) is 27.6. The number of nitrogens with zero attached hydrogens (tertiary/aromatic N) is 3. The van der Waals surface area contributed by atoms with Gasteiger partial charge in [-0.05, 0) is 18.6 Å². The number of guanidine groups is 2. The number of aliphatic carboxylic acids is 2. The van der Waals surface area contributed by atoms with Crippen LogP contribution in [0.4, 0.5) is 9.59 Å². The minimum atomic E-state index is -1.92. The van der Waals surface area contributed by atoms with Crippen molar-refractivity contribution in [3.63, 3.8) is 0 Å². The van der Waals surface area contributed by atoms with Gasteiger partial charge in [0.25, 0.3) is 0 Å². The molecule has 460 valence electrons. The Kier molecular flexibility index (Phi) is 33.0. The Morgan fingerprint density at radius 2 is 0.975 bits per heavy atom. The first-order chi connectivity index (χ1) is 38.5. The van der Waals surface area contributed by atoms with Crippen LogP contribution >= 0.6 is 0 Å². The second-order valence-electron chi connectivity index (χ2n) is 17.7. The van der Waals surface area contributed by atoms with Gasteiger partial charge in [0, 0.05) is 52.2 Å². The molecule has 2 rings (SSSR count). The van der Waals surface area contributed by atoms with Crippen LogP contribution in [0.3, 0.4) is 0 Å². The maximum absolute atomic E-state index is 13.2. The van der Waals surface area contributed by atoms with Crippen LogP contribution < -0.4 is 54.8 Å². The molecule has 0 aromatic carbocycles. The van der Waals surface area contributed by atoms with Gasteiger partial charge in [0.2, 0.25) is 35.1 Å². The summed E-state index contributed by atoms with van der Waals surface area (Å²) < 4.78 is 43.4. The van der Waals surface area contributed by atoms with Crippen molar-refractivity contribution in [2.24, 2.45) is 38.8 Å². The van der Waals surface area contributed by atoms with Crippen LogP contribution in [-0.4, -0.2) is 268 Å². The zero-order valence-corrected chi connectivity index (χ0v) is 45.2. The summed E-state index contributed by atoms with van der Waals surface area (Å²) in [5.74, 6) is -8.97. The summed E-state index contributed by atoms with van der Waals surface area (Å²) in [7, 11) is 0. The summed E-state index contributed by atoms with van der Waals surface area (Å²) in [6.07, 6.45) is -9.70. The molecule has 10 atom stereocenters. The van der Waals surface area contributed by atoms with E-state index in [0.29, 0.717) is 33.0 Å². The van der Waals surface area contributed by atoms with E-state index in [4.69, 9.17) is 60.8 Å². The Hall–Kier alpha value is -7.38. The third-order valence-corrected chi connectivity index (χ3v) is 11.2. The lowest BCUT2D eigenvalue weighted by Crippen LogP contribution is -2.61. The predicted molar refractivity (Wildman–Crippen MR) is 279 cm³/mol. The Labute approximate surface area is 465 Å². The molecular weight excluding hydrogens is 1090 g/mol. The molecule has 0 bridgehead atoms. The Morgan fingerprint density at radius 3 is 1.40 bits per heavy atom. The van der Waals surface area contributed by atoms with Crippen LogP contribution in [0.25, 0.3) is 0 Å². The average Bonchev–Trinajstić information content (AvgIpc) is 3.40. The average molecular weight is 1170 g/mol. The highest BCUT2D eigenvalue weighted by Crippen LogP contribution is 2.31. The fourth-order valence-corrected chi connectivity index (χ4v) is 7.52. The van der Waals surface area contributed by atoms with Crippen LogP contribution in [0.2, 0.25) is 0 Å². The lowest BCUT2D eigenvalue weighted by molar-refractivity contribution is -0.147. The van der Waals surface area contributed by atoms with Gasteiger partial charge in [-0.25, -0.2) is 29.2 Å². The van der Waals surface area contributed by atoms with Crippen molar-refractivity contribution in [3.8, 4) is 0 Å². The molecule has 35 nitrogen and oxygen atoms in total. The highest BCUT2D eigenvalue weighted by atomic mass is 16.6. The normalized spacial score (nSPS) is 19.9. The van der Waals surface area contributed by atoms with E-state index >= 15 is 0 Å². The predicted octanol–water partition coefficient (Wildman–Crippen LogP) is -7.83. The van der Waals surface area contributed by atoms with Gasteiger partial charge in [-0.15, -0.1) is 0 Å². The van der Waals surface area contributed by atoms with Crippen LogP contribution in [0.15, 0.2) is 33.7 Å². The highest BCUT2D eigenvalue weighted by molar-refractivity contribution is 5.86. The molecule has 35 heteroatoms. The van der Waals surface area contributed by atoms with Gasteiger partial charge in [-0.2, -0.15) is 0 Å². The molecular formula is C46H79N13O22. The van der Waals surface area contributed by atoms with E-state index in [1.165, 1.54) is 6.92 Å². The zero-order valence-electron chi connectivity index (χ0n) is 45.2. The first-order valence-corrected chi connectivity index (χ1v) is 25.5. The maximum Gasteiger partial charge on any atom is 0.407 e. The molecule has 20 N–H and O–H groups in total. The number of hydrogen-bond acceptors (Lipinski definition) is 23. The monoisotopic (exact) mass is 1170 g/mol. The summed E-state index contributed by atoms with van der Waals surface area (Å²) >= 11 is 0. The maximum atomic E-state index is 13.2. The highest BCUT2D eigenvalue weighted by Gasteiger charge is 2.47. The van der Waals surface area contributed by atoms with Gasteiger partial charge in [0.1, 0.15) is 18.3 Å². The second-order valence-corrected chi connectivity index (χ2v) is 17.7. The third-order valence-electron chi connectivity index (χ3n) is 11.2. The number of rotatable bonds is 39. The topological polar surface area (TPSA) is 536 Å². The number of alkyl carbamates (subject to hydrolysis) is 2. The SMILES string of the molecule is CCCOCCOCCOCCOCCNC(=O)CN(CC(=O)NCCNC(=O)O[C@@H]([C@@H]1OC(C(=O)O)=C[C@H](N=C(N)N)[C@H]1C)[C@H](O)CO)CC(=O)NCCNC(=O)O[C@@H]([C@@H]1OC(C(=O)O)=C[C@H](N=C(N)N)[C@H]1NC(C)=O)[C@H](O)CO. The molecule has 2 aliphatic heterocycles. The lowest BCUT2D eigenvalue weighted by atomic mass is 9.87. The first-order valence-electron chi connectivity index (χ1n) is 25.5. The van der Waals surface area contributed by atoms with Crippen molar-refractivity contribution in [3.05, 3.63) is 23.7 Å². The minimum absolute atomic E-state index is 0.0386. The van der Waals surface area contributed by atoms with Gasteiger partial charge in [0.05, 0.1) is 97.2 Å². The second kappa shape index (κ2) is 38.3. The standard InChI is InChI=1S/C46H79N13O22/c1-4-10-74-12-14-76-16-17-77-15-13-75-11-9-53-35(67)22-59(20-33(65)51-5-7-54-45(72)80-38(29(63)23-60)37-25(2)27(57-43(47)48)18-31(78-37)41(68)69)21-34(66)52-6-8-55-46(73)81-39(30(64)24-61)40-36(56-26(3)62)28(58-44(49)50)19-32(79-40)42(70)71/h18-19,25,27-30,36-40,60-61,63-64H,4-17,20-24H2,1-3H3,(H,51,65)(H,52,66)(H,53,67)(H,54,72)(H,55,73)(H,56,62)(H,68,69)(H,70,71)(H4,47,48,57)(H4,49,50,58)/t25-,27+,28+,29-,30-,36-,37-,38-,39-,40-/m1/s1. The number of aliphatic imine (C=N–C) groups is 2. The number of carbonyl (C=O) groups excluding carboxylic acids is 6. The van der Waals surface area contributed by atoms with Crippen molar-refractivity contribution in [1.29, 1.82) is 0 Å². The lowest BCUT2D eigenvalue weighted by Gasteiger charge is -2.39. The van der Waals surface area contributed by atoms with Crippen molar-refractivity contribution >= 4 is 59.7 Å². The number of carboxylic acid groups (broad SMARTS) is 2. The summed E-state index contributed by atoms with van der Waals surface area (Å²) in [6, 6.07) is -3.64. The fourth-order valence-electron chi connectivity index (χ4n) is 7.52. The smallest absolute Gasteiger partial charge is 0.407 e. The van der Waals surface area contributed by atoms with Gasteiger partial charge < -0.3 is 123 Å². The number of carbonyl (C=O) groups is 8. The van der Waals surface area contributed by atoms with Crippen molar-refractivity contribution in [2.45, 2.75) is 81.9 Å². The number of ether oxygens (including phenoxy) is 8. The Morgan fingerprint density at radius 1 is 0.593 bits per heavy atom. The molecule has 0 saturated heterocycles. The van der Waals surface area contributed by atoms with E-state index in [9.17, 15) is 69.0 Å². The van der Waals surface area contributed by atoms with E-state index in [2.05, 4.69) is 41.9 Å². The molecule has 6 amide bonds. The molecule has 2 heterocycles. The van der Waals surface area contributed by atoms with E-state index in [1.54, 1.807) is 0 Å². The van der Waals surface area contributed by atoms with Crippen LogP contribution in [0.1, 0.15) is 27.2 Å². The first kappa shape index (κ1) is 69.7. The van der Waals surface area contributed by atoms with Crippen LogP contribution in [0.5, 0.6) is 0 Å². The minimum Gasteiger partial charge on any atom is -0.479 e. The Bertz CT molecular complexity index is 2150. The van der Waals surface area contributed by atoms with Gasteiger partial charge >= 0.3 is 24.1 Å². The van der Waals surface area contributed by atoms with Crippen LogP contribution in [0, 0.1) is 5.92 Å². The van der Waals surface area contributed by atoms with Gasteiger partial charge in [0.15, 0.2) is 30.2 Å². The van der Waals surface area contributed by atoms with Gasteiger partial charge in [-0.1, -0.05) is 13.8 Å². The molecule has 81 heavy (non-hydrogen) atoms. The fraction of sp³-hybridized carbons (Fsp3) is 0.696. The van der Waals surface area contributed by atoms with Gasteiger partial charge in [-0.3, -0.25) is 24.1 Å². The molecule has 0 aliphatic carbocycles. The number of nitrogens with one attached hydrogen (secondary N) is 6. The molecule has 2 aliphatic rings. The van der Waals surface area contributed by atoms with Crippen LogP contribution in [-0.2, 0) is 66.7 Å². The number of aliphatic hydroxyl groups is 4. The summed E-state index contributed by atoms with van der Waals surface area (Å²) in [5, 5.41) is 74.8. The number of carboxylic acids is 2. The largest absolute Gasteiger partial charge is 0.479 e. The van der Waals surface area contributed by atoms with E-state index in [1.807, 2.05) is 6.92 Å².